The van der Waals surface area contributed by atoms with Gasteiger partial charge in [-0.15, -0.1) is 22.7 Å². The van der Waals surface area contributed by atoms with E-state index in [2.05, 4.69) is 33.7 Å². The maximum absolute atomic E-state index is 12.8. The molecule has 0 spiro atoms. The van der Waals surface area contributed by atoms with Crippen molar-refractivity contribution < 1.29 is 13.2 Å². The molecule has 3 heterocycles. The topological polar surface area (TPSA) is 105 Å². The van der Waals surface area contributed by atoms with Gasteiger partial charge in [0.05, 0.1) is 22.3 Å². The van der Waals surface area contributed by atoms with Crippen LogP contribution in [0.4, 0.5) is 5.13 Å². The summed E-state index contributed by atoms with van der Waals surface area (Å²) in [7, 11) is -3.92. The second-order valence-corrected chi connectivity index (χ2v) is 12.1. The first-order valence-corrected chi connectivity index (χ1v) is 14.3. The number of aromatic nitrogens is 2. The lowest BCUT2D eigenvalue weighted by atomic mass is 10.0. The molecule has 184 valence electrons. The van der Waals surface area contributed by atoms with E-state index < -0.39 is 10.0 Å². The Labute approximate surface area is 222 Å². The Morgan fingerprint density at radius 2 is 1.78 bits per heavy atom. The molecule has 0 saturated heterocycles. The standard InChI is InChI=1S/C27H20N4O3S3/c1-17-12-22(18(2)36-17)23-14-24(19-6-4-3-5-7-19)30-16-26(23)34-25-9-8-21(13-20(25)15-28)37(32,33)31-27-29-10-11-35-27/h3-14,16H,1-2H3,(H,29,31). The lowest BCUT2D eigenvalue weighted by Crippen LogP contribution is -2.13. The minimum Gasteiger partial charge on any atom is -0.454 e. The zero-order chi connectivity index (χ0) is 26.0. The Hall–Kier alpha value is -4.04. The van der Waals surface area contributed by atoms with Crippen molar-refractivity contribution in [1.29, 1.82) is 5.26 Å². The van der Waals surface area contributed by atoms with Crippen LogP contribution in [0.5, 0.6) is 11.5 Å². The lowest BCUT2D eigenvalue weighted by Gasteiger charge is -2.14. The number of hydrogen-bond donors (Lipinski definition) is 1. The largest absolute Gasteiger partial charge is 0.454 e. The molecule has 5 rings (SSSR count). The predicted octanol–water partition coefficient (Wildman–Crippen LogP) is 7.02. The molecule has 0 amide bonds. The summed E-state index contributed by atoms with van der Waals surface area (Å²) in [5.41, 5.74) is 3.70. The van der Waals surface area contributed by atoms with Crippen molar-refractivity contribution in [3.63, 3.8) is 0 Å². The number of benzene rings is 2. The first kappa shape index (κ1) is 24.6. The summed E-state index contributed by atoms with van der Waals surface area (Å²) < 4.78 is 34.2. The second-order valence-electron chi connectivity index (χ2n) is 8.07. The Morgan fingerprint density at radius 1 is 0.973 bits per heavy atom. The van der Waals surface area contributed by atoms with Gasteiger partial charge in [-0.3, -0.25) is 9.71 Å². The number of sulfonamides is 1. The molecule has 5 aromatic rings. The quantitative estimate of drug-likeness (QED) is 0.236. The van der Waals surface area contributed by atoms with Crippen molar-refractivity contribution in [2.75, 3.05) is 4.72 Å². The summed E-state index contributed by atoms with van der Waals surface area (Å²) in [5.74, 6) is 0.699. The third-order valence-electron chi connectivity index (χ3n) is 5.52. The highest BCUT2D eigenvalue weighted by Gasteiger charge is 2.20. The van der Waals surface area contributed by atoms with Gasteiger partial charge in [-0.25, -0.2) is 13.4 Å². The van der Waals surface area contributed by atoms with Crippen LogP contribution in [0.25, 0.3) is 22.4 Å². The molecule has 1 N–H and O–H groups in total. The van der Waals surface area contributed by atoms with Gasteiger partial charge in [0.2, 0.25) is 0 Å². The SMILES string of the molecule is Cc1cc(-c2cc(-c3ccccc3)ncc2Oc2ccc(S(=O)(=O)Nc3nccs3)cc2C#N)c(C)s1. The Balaban J connectivity index is 1.54. The van der Waals surface area contributed by atoms with E-state index in [9.17, 15) is 13.7 Å². The molecule has 2 aromatic carbocycles. The summed E-state index contributed by atoms with van der Waals surface area (Å²) in [6, 6.07) is 20.1. The fourth-order valence-electron chi connectivity index (χ4n) is 3.82. The number of thiophene rings is 1. The van der Waals surface area contributed by atoms with E-state index in [1.165, 1.54) is 24.4 Å². The van der Waals surface area contributed by atoms with Crippen LogP contribution in [-0.2, 0) is 10.0 Å². The third kappa shape index (κ3) is 5.24. The van der Waals surface area contributed by atoms with Crippen LogP contribution in [0.3, 0.4) is 0 Å². The highest BCUT2D eigenvalue weighted by atomic mass is 32.2. The molecule has 0 unspecified atom stereocenters. The average molecular weight is 545 g/mol. The highest BCUT2D eigenvalue weighted by molar-refractivity contribution is 7.93. The number of ether oxygens (including phenoxy) is 1. The fourth-order valence-corrected chi connectivity index (χ4v) is 6.57. The smallest absolute Gasteiger partial charge is 0.263 e. The molecule has 3 aromatic heterocycles. The first-order chi connectivity index (χ1) is 17.8. The van der Waals surface area contributed by atoms with Crippen molar-refractivity contribution in [3.8, 4) is 40.0 Å². The van der Waals surface area contributed by atoms with Crippen molar-refractivity contribution in [1.82, 2.24) is 9.97 Å². The number of thiazole rings is 1. The number of nitriles is 1. The maximum atomic E-state index is 12.8. The molecule has 0 bridgehead atoms. The number of nitrogens with zero attached hydrogens (tertiary/aromatic N) is 3. The average Bonchev–Trinajstić information content (AvgIpc) is 3.53. The van der Waals surface area contributed by atoms with Crippen LogP contribution >= 0.6 is 22.7 Å². The molecule has 7 nitrogen and oxygen atoms in total. The lowest BCUT2D eigenvalue weighted by molar-refractivity contribution is 0.480. The van der Waals surface area contributed by atoms with Crippen LogP contribution in [-0.4, -0.2) is 18.4 Å². The highest BCUT2D eigenvalue weighted by Crippen LogP contribution is 2.40. The van der Waals surface area contributed by atoms with Crippen LogP contribution < -0.4 is 9.46 Å². The molecule has 0 radical (unpaired) electrons. The normalized spacial score (nSPS) is 11.2. The first-order valence-electron chi connectivity index (χ1n) is 11.1. The third-order valence-corrected chi connectivity index (χ3v) is 8.64. The number of anilines is 1. The summed E-state index contributed by atoms with van der Waals surface area (Å²) in [6.45, 7) is 4.10. The minimum atomic E-state index is -3.92. The Bertz CT molecular complexity index is 1720. The molecule has 0 atom stereocenters. The second kappa shape index (κ2) is 10.1. The van der Waals surface area contributed by atoms with Gasteiger partial charge in [-0.05, 0) is 49.7 Å². The fraction of sp³-hybridized carbons (Fsp3) is 0.0741. The minimum absolute atomic E-state index is 0.0614. The molecule has 0 aliphatic rings. The molecule has 0 fully saturated rings. The van der Waals surface area contributed by atoms with Crippen molar-refractivity contribution in [2.45, 2.75) is 18.7 Å². The van der Waals surface area contributed by atoms with Gasteiger partial charge in [-0.2, -0.15) is 5.26 Å². The van der Waals surface area contributed by atoms with Crippen LogP contribution in [0, 0.1) is 25.2 Å². The summed E-state index contributed by atoms with van der Waals surface area (Å²) in [6.07, 6.45) is 3.14. The molecule has 37 heavy (non-hydrogen) atoms. The molecule has 10 heteroatoms. The number of rotatable bonds is 7. The monoisotopic (exact) mass is 544 g/mol. The molecule has 0 aliphatic heterocycles. The van der Waals surface area contributed by atoms with Gasteiger partial charge in [0.25, 0.3) is 10.0 Å². The van der Waals surface area contributed by atoms with E-state index in [4.69, 9.17) is 4.74 Å². The van der Waals surface area contributed by atoms with Gasteiger partial charge in [0.1, 0.15) is 11.8 Å². The molecular formula is C27H20N4O3S3. The van der Waals surface area contributed by atoms with Gasteiger partial charge in [0.15, 0.2) is 10.9 Å². The molecule has 0 aliphatic carbocycles. The van der Waals surface area contributed by atoms with Crippen molar-refractivity contribution >= 4 is 37.8 Å². The van der Waals surface area contributed by atoms with E-state index in [0.29, 0.717) is 5.75 Å². The van der Waals surface area contributed by atoms with Crippen LogP contribution in [0.1, 0.15) is 15.3 Å². The van der Waals surface area contributed by atoms with E-state index in [1.807, 2.05) is 43.3 Å². The van der Waals surface area contributed by atoms with Crippen molar-refractivity contribution in [2.24, 2.45) is 0 Å². The Kier molecular flexibility index (Phi) is 6.76. The Morgan fingerprint density at radius 3 is 2.46 bits per heavy atom. The number of nitrogens with one attached hydrogen (secondary N) is 1. The van der Waals surface area contributed by atoms with Crippen LogP contribution in [0.15, 0.2) is 83.3 Å². The summed E-state index contributed by atoms with van der Waals surface area (Å²) in [4.78, 5) is 10.8. The van der Waals surface area contributed by atoms with E-state index in [1.54, 1.807) is 22.9 Å². The molecule has 0 saturated carbocycles. The van der Waals surface area contributed by atoms with E-state index in [-0.39, 0.29) is 21.3 Å². The van der Waals surface area contributed by atoms with E-state index >= 15 is 0 Å². The predicted molar refractivity (Wildman–Crippen MR) is 147 cm³/mol. The maximum Gasteiger partial charge on any atom is 0.263 e. The molecular weight excluding hydrogens is 525 g/mol. The number of pyridine rings is 1. The zero-order valence-electron chi connectivity index (χ0n) is 19.8. The van der Waals surface area contributed by atoms with Gasteiger partial charge < -0.3 is 4.74 Å². The van der Waals surface area contributed by atoms with Crippen LogP contribution in [0.2, 0.25) is 0 Å². The number of hydrogen-bond acceptors (Lipinski definition) is 8. The van der Waals surface area contributed by atoms with Gasteiger partial charge in [-0.1, -0.05) is 30.3 Å². The zero-order valence-corrected chi connectivity index (χ0v) is 22.2. The summed E-state index contributed by atoms with van der Waals surface area (Å²) >= 11 is 2.85. The van der Waals surface area contributed by atoms with Gasteiger partial charge >= 0.3 is 0 Å². The summed E-state index contributed by atoms with van der Waals surface area (Å²) in [5, 5.41) is 11.7. The van der Waals surface area contributed by atoms with Gasteiger partial charge in [0, 0.05) is 32.5 Å². The van der Waals surface area contributed by atoms with E-state index in [0.717, 1.165) is 43.5 Å². The number of aryl methyl sites for hydroxylation is 2. The van der Waals surface area contributed by atoms with Crippen molar-refractivity contribution in [3.05, 3.63) is 93.8 Å².